The Balaban J connectivity index is 1.27. The van der Waals surface area contributed by atoms with Gasteiger partial charge >= 0.3 is 0 Å². The monoisotopic (exact) mass is 621 g/mol. The Kier molecular flexibility index (Phi) is 8.61. The zero-order chi connectivity index (χ0) is 32.5. The number of nitrogens with zero attached hydrogens (tertiary/aromatic N) is 6. The lowest BCUT2D eigenvalue weighted by Crippen LogP contribution is -2.47. The lowest BCUT2D eigenvalue weighted by Gasteiger charge is -2.32. The number of anilines is 4. The minimum atomic E-state index is -0.331. The van der Waals surface area contributed by atoms with Crippen LogP contribution >= 0.6 is 0 Å². The number of fused-ring (bicyclic) bond motifs is 1. The Hall–Kier alpha value is -5.00. The van der Waals surface area contributed by atoms with Gasteiger partial charge in [-0.1, -0.05) is 12.1 Å². The van der Waals surface area contributed by atoms with Crippen LogP contribution in [0.4, 0.5) is 22.9 Å². The number of rotatable bonds is 7. The van der Waals surface area contributed by atoms with Crippen LogP contribution in [-0.2, 0) is 20.1 Å². The maximum Gasteiger partial charge on any atom is 0.293 e. The fourth-order valence-corrected chi connectivity index (χ4v) is 6.06. The minimum Gasteiger partial charge on any atom is -0.392 e. The van der Waals surface area contributed by atoms with Crippen molar-refractivity contribution in [3.63, 3.8) is 0 Å². The summed E-state index contributed by atoms with van der Waals surface area (Å²) in [4.78, 5) is 52.2. The SMILES string of the molecule is CN1CCN(C(=O)c2ccc(Nc3nc(-c4cccc(N5CCc6cc(N(C)C)ccc6C5=O)c4CO)cn(C)c3=O)cc2)CC1. The van der Waals surface area contributed by atoms with Crippen molar-refractivity contribution in [2.24, 2.45) is 7.05 Å². The number of aliphatic hydroxyl groups is 1. The third-order valence-corrected chi connectivity index (χ3v) is 8.82. The molecule has 2 aliphatic heterocycles. The molecule has 2 amide bonds. The number of likely N-dealkylation sites (N-methyl/N-ethyl adjacent to an activating group) is 1. The number of hydrogen-bond donors (Lipinski definition) is 2. The van der Waals surface area contributed by atoms with Crippen LogP contribution < -0.4 is 20.7 Å². The van der Waals surface area contributed by atoms with E-state index in [0.29, 0.717) is 65.4 Å². The summed E-state index contributed by atoms with van der Waals surface area (Å²) in [6.07, 6.45) is 2.31. The van der Waals surface area contributed by atoms with E-state index in [1.165, 1.54) is 4.57 Å². The van der Waals surface area contributed by atoms with Gasteiger partial charge in [-0.25, -0.2) is 4.98 Å². The first-order valence-electron chi connectivity index (χ1n) is 15.4. The standard InChI is InChI=1S/C35H39N7O4/c1-38(2)26-12-13-27-24(20-26)14-15-42(34(27)45)31-7-5-6-28(29(31)22-43)30-21-40(4)35(46)32(37-30)36-25-10-8-23(9-11-25)33(44)41-18-16-39(3)17-19-41/h5-13,20-21,43H,14-19,22H2,1-4H3,(H,36,37). The fourth-order valence-electron chi connectivity index (χ4n) is 6.06. The Bertz CT molecular complexity index is 1840. The van der Waals surface area contributed by atoms with Gasteiger partial charge in [-0.3, -0.25) is 14.4 Å². The molecular weight excluding hydrogens is 582 g/mol. The second-order valence-electron chi connectivity index (χ2n) is 12.1. The number of carbonyl (C=O) groups is 2. The summed E-state index contributed by atoms with van der Waals surface area (Å²) in [6, 6.07) is 18.4. The first-order valence-corrected chi connectivity index (χ1v) is 15.4. The number of nitrogens with one attached hydrogen (secondary N) is 1. The molecule has 3 aromatic carbocycles. The maximum atomic E-state index is 13.7. The summed E-state index contributed by atoms with van der Waals surface area (Å²) in [5, 5.41) is 13.7. The third-order valence-electron chi connectivity index (χ3n) is 8.82. The first-order chi connectivity index (χ1) is 22.1. The smallest absolute Gasteiger partial charge is 0.293 e. The van der Waals surface area contributed by atoms with Gasteiger partial charge in [-0.2, -0.15) is 0 Å². The van der Waals surface area contributed by atoms with E-state index >= 15 is 0 Å². The zero-order valence-electron chi connectivity index (χ0n) is 26.7. The van der Waals surface area contributed by atoms with Gasteiger partial charge in [0.25, 0.3) is 17.4 Å². The van der Waals surface area contributed by atoms with E-state index in [1.807, 2.05) is 61.3 Å². The molecule has 0 atom stereocenters. The summed E-state index contributed by atoms with van der Waals surface area (Å²) >= 11 is 0. The lowest BCUT2D eigenvalue weighted by atomic mass is 9.95. The molecular formula is C35H39N7O4. The summed E-state index contributed by atoms with van der Waals surface area (Å²) < 4.78 is 1.44. The molecule has 2 N–H and O–H groups in total. The molecule has 0 unspecified atom stereocenters. The van der Waals surface area contributed by atoms with Gasteiger partial charge < -0.3 is 34.6 Å². The quantitative estimate of drug-likeness (QED) is 0.323. The normalized spacial score (nSPS) is 15.1. The number of aromatic nitrogens is 2. The molecule has 0 saturated carbocycles. The summed E-state index contributed by atoms with van der Waals surface area (Å²) in [5.41, 5.74) is 5.80. The average molecular weight is 622 g/mol. The van der Waals surface area contributed by atoms with Crippen LogP contribution in [0, 0.1) is 0 Å². The molecule has 6 rings (SSSR count). The highest BCUT2D eigenvalue weighted by Crippen LogP contribution is 2.34. The molecule has 0 spiro atoms. The van der Waals surface area contributed by atoms with E-state index in [9.17, 15) is 19.5 Å². The van der Waals surface area contributed by atoms with Gasteiger partial charge in [-0.15, -0.1) is 0 Å². The number of piperazine rings is 1. The van der Waals surface area contributed by atoms with Crippen LogP contribution in [0.3, 0.4) is 0 Å². The second kappa shape index (κ2) is 12.8. The molecule has 46 heavy (non-hydrogen) atoms. The molecule has 11 nitrogen and oxygen atoms in total. The van der Waals surface area contributed by atoms with Gasteiger partial charge in [0.2, 0.25) is 0 Å². The van der Waals surface area contributed by atoms with Gasteiger partial charge in [0.15, 0.2) is 5.82 Å². The third kappa shape index (κ3) is 5.99. The van der Waals surface area contributed by atoms with Crippen LogP contribution in [0.1, 0.15) is 31.8 Å². The number of hydrogen-bond acceptors (Lipinski definition) is 8. The van der Waals surface area contributed by atoms with Gasteiger partial charge in [-0.05, 0) is 67.6 Å². The van der Waals surface area contributed by atoms with E-state index in [-0.39, 0.29) is 29.8 Å². The second-order valence-corrected chi connectivity index (χ2v) is 12.1. The van der Waals surface area contributed by atoms with Crippen molar-refractivity contribution in [2.75, 3.05) is 69.0 Å². The highest BCUT2D eigenvalue weighted by molar-refractivity contribution is 6.09. The first kappa shape index (κ1) is 31.0. The number of amides is 2. The van der Waals surface area contributed by atoms with Crippen LogP contribution in [0.25, 0.3) is 11.3 Å². The van der Waals surface area contributed by atoms with Gasteiger partial charge in [0.1, 0.15) is 0 Å². The largest absolute Gasteiger partial charge is 0.392 e. The Labute approximate surface area is 268 Å². The summed E-state index contributed by atoms with van der Waals surface area (Å²) in [6.45, 7) is 3.22. The van der Waals surface area contributed by atoms with E-state index in [1.54, 1.807) is 42.4 Å². The average Bonchev–Trinajstić information content (AvgIpc) is 3.06. The van der Waals surface area contributed by atoms with E-state index < -0.39 is 0 Å². The van der Waals surface area contributed by atoms with Gasteiger partial charge in [0.05, 0.1) is 18.0 Å². The van der Waals surface area contributed by atoms with Crippen molar-refractivity contribution in [1.82, 2.24) is 19.4 Å². The fraction of sp³-hybridized carbons (Fsp3) is 0.314. The van der Waals surface area contributed by atoms with Crippen molar-refractivity contribution < 1.29 is 14.7 Å². The molecule has 0 radical (unpaired) electrons. The molecule has 1 saturated heterocycles. The van der Waals surface area contributed by atoms with Crippen molar-refractivity contribution in [3.05, 3.63) is 99.5 Å². The number of aliphatic hydroxyl groups excluding tert-OH is 1. The molecule has 238 valence electrons. The van der Waals surface area contributed by atoms with Gasteiger partial charge in [0, 0.05) is 93.7 Å². The molecule has 1 aromatic heterocycles. The number of aryl methyl sites for hydroxylation is 1. The molecule has 11 heteroatoms. The Morgan fingerprint density at radius 3 is 2.37 bits per heavy atom. The maximum absolute atomic E-state index is 13.7. The topological polar surface area (TPSA) is 114 Å². The minimum absolute atomic E-state index is 0.0129. The van der Waals surface area contributed by atoms with Crippen LogP contribution in [-0.4, -0.2) is 90.1 Å². The van der Waals surface area contributed by atoms with Crippen molar-refractivity contribution in [3.8, 4) is 11.3 Å². The Morgan fingerprint density at radius 1 is 0.935 bits per heavy atom. The predicted octanol–water partition coefficient (Wildman–Crippen LogP) is 3.34. The molecule has 1 fully saturated rings. The highest BCUT2D eigenvalue weighted by Gasteiger charge is 2.28. The molecule has 2 aliphatic rings. The van der Waals surface area contributed by atoms with Crippen LogP contribution in [0.2, 0.25) is 0 Å². The molecule has 0 bridgehead atoms. The highest BCUT2D eigenvalue weighted by atomic mass is 16.3. The van der Waals surface area contributed by atoms with E-state index in [0.717, 1.165) is 24.3 Å². The van der Waals surface area contributed by atoms with Crippen molar-refractivity contribution >= 4 is 34.7 Å². The predicted molar refractivity (Wildman–Crippen MR) is 180 cm³/mol. The number of benzene rings is 3. The lowest BCUT2D eigenvalue weighted by molar-refractivity contribution is 0.0664. The zero-order valence-corrected chi connectivity index (χ0v) is 26.7. The summed E-state index contributed by atoms with van der Waals surface area (Å²) in [5.74, 6) is -0.0306. The molecule has 0 aliphatic carbocycles. The van der Waals surface area contributed by atoms with Crippen LogP contribution in [0.15, 0.2) is 71.7 Å². The number of carbonyl (C=O) groups excluding carboxylic acids is 2. The molecule has 3 heterocycles. The van der Waals surface area contributed by atoms with Crippen LogP contribution in [0.5, 0.6) is 0 Å². The van der Waals surface area contributed by atoms with Crippen molar-refractivity contribution in [2.45, 2.75) is 13.0 Å². The molecule has 4 aromatic rings. The van der Waals surface area contributed by atoms with E-state index in [4.69, 9.17) is 0 Å². The Morgan fingerprint density at radius 2 is 1.67 bits per heavy atom. The van der Waals surface area contributed by atoms with E-state index in [2.05, 4.69) is 21.3 Å². The van der Waals surface area contributed by atoms with Crippen molar-refractivity contribution in [1.29, 1.82) is 0 Å². The summed E-state index contributed by atoms with van der Waals surface area (Å²) in [7, 11) is 7.64.